The van der Waals surface area contributed by atoms with Gasteiger partial charge in [-0.25, -0.2) is 0 Å². The lowest BCUT2D eigenvalue weighted by atomic mass is 10.2. The van der Waals surface area contributed by atoms with Gasteiger partial charge < -0.3 is 4.90 Å². The molecule has 0 bridgehead atoms. The molecular weight excluding hydrogens is 350 g/mol. The lowest BCUT2D eigenvalue weighted by Gasteiger charge is -2.16. The van der Waals surface area contributed by atoms with Crippen molar-refractivity contribution in [1.29, 1.82) is 0 Å². The zero-order chi connectivity index (χ0) is 17.9. The van der Waals surface area contributed by atoms with Gasteiger partial charge in [0.05, 0.1) is 0 Å². The molecule has 1 aliphatic rings. The Morgan fingerprint density at radius 1 is 1.16 bits per heavy atom. The molecule has 1 aliphatic heterocycles. The van der Waals surface area contributed by atoms with Crippen LogP contribution in [0.5, 0.6) is 0 Å². The van der Waals surface area contributed by atoms with Gasteiger partial charge in [0.1, 0.15) is 0 Å². The molecule has 3 N–H and O–H groups in total. The first-order valence-corrected chi connectivity index (χ1v) is 9.78. The van der Waals surface area contributed by atoms with E-state index in [1.54, 1.807) is 5.41 Å². The Morgan fingerprint density at radius 3 is 2.28 bits per heavy atom. The van der Waals surface area contributed by atoms with Crippen LogP contribution < -0.4 is 9.86 Å². The van der Waals surface area contributed by atoms with Crippen LogP contribution in [0.3, 0.4) is 0 Å². The minimum absolute atomic E-state index is 0.0847. The number of hydrogen-bond donors (Lipinski definition) is 2. The fourth-order valence-electron chi connectivity index (χ4n) is 2.43. The molecule has 2 aromatic rings. The SMILES string of the molecule is C=CSNC1CCN(C(=O)c2ccc(SN)cc2)C1.c1ccccc1. The highest BCUT2D eigenvalue weighted by atomic mass is 32.2. The van der Waals surface area contributed by atoms with Crippen molar-refractivity contribution >= 4 is 29.8 Å². The van der Waals surface area contributed by atoms with Gasteiger partial charge >= 0.3 is 0 Å². The summed E-state index contributed by atoms with van der Waals surface area (Å²) in [5.74, 6) is 0.0847. The summed E-state index contributed by atoms with van der Waals surface area (Å²) in [6.07, 6.45) is 0.976. The lowest BCUT2D eigenvalue weighted by molar-refractivity contribution is 0.0790. The topological polar surface area (TPSA) is 58.4 Å². The van der Waals surface area contributed by atoms with E-state index in [2.05, 4.69) is 11.3 Å². The van der Waals surface area contributed by atoms with Crippen molar-refractivity contribution in [3.05, 3.63) is 78.2 Å². The van der Waals surface area contributed by atoms with Crippen LogP contribution >= 0.6 is 23.9 Å². The fraction of sp³-hybridized carbons (Fsp3) is 0.211. The minimum atomic E-state index is 0.0847. The summed E-state index contributed by atoms with van der Waals surface area (Å²) < 4.78 is 3.27. The van der Waals surface area contributed by atoms with Crippen LogP contribution in [0.1, 0.15) is 16.8 Å². The molecular formula is C19H23N3OS2. The molecule has 1 saturated heterocycles. The van der Waals surface area contributed by atoms with Crippen molar-refractivity contribution < 1.29 is 4.79 Å². The maximum Gasteiger partial charge on any atom is 0.253 e. The summed E-state index contributed by atoms with van der Waals surface area (Å²) in [6.45, 7) is 5.18. The molecule has 6 heteroatoms. The summed E-state index contributed by atoms with van der Waals surface area (Å²) in [7, 11) is 0. The molecule has 2 aromatic carbocycles. The zero-order valence-corrected chi connectivity index (χ0v) is 15.6. The smallest absolute Gasteiger partial charge is 0.253 e. The van der Waals surface area contributed by atoms with Crippen molar-refractivity contribution in [2.24, 2.45) is 5.14 Å². The summed E-state index contributed by atoms with van der Waals surface area (Å²) in [5.41, 5.74) is 0.717. The van der Waals surface area contributed by atoms with Crippen LogP contribution in [0.15, 0.2) is 77.5 Å². The second kappa shape index (κ2) is 11.0. The van der Waals surface area contributed by atoms with E-state index in [4.69, 9.17) is 5.14 Å². The number of nitrogens with two attached hydrogens (primary N) is 1. The summed E-state index contributed by atoms with van der Waals surface area (Å²) >= 11 is 2.66. The summed E-state index contributed by atoms with van der Waals surface area (Å²) in [4.78, 5) is 15.1. The first-order chi connectivity index (χ1) is 12.2. The molecule has 1 atom stereocenters. The van der Waals surface area contributed by atoms with Crippen LogP contribution in [-0.2, 0) is 0 Å². The Kier molecular flexibility index (Phi) is 8.62. The third-order valence-electron chi connectivity index (χ3n) is 3.70. The van der Waals surface area contributed by atoms with Gasteiger partial charge in [-0.3, -0.25) is 14.7 Å². The largest absolute Gasteiger partial charge is 0.337 e. The monoisotopic (exact) mass is 373 g/mol. The molecule has 1 unspecified atom stereocenters. The van der Waals surface area contributed by atoms with Gasteiger partial charge in [0, 0.05) is 29.6 Å². The Hall–Kier alpha value is -1.73. The zero-order valence-electron chi connectivity index (χ0n) is 14.0. The maximum atomic E-state index is 12.3. The van der Waals surface area contributed by atoms with E-state index >= 15 is 0 Å². The van der Waals surface area contributed by atoms with E-state index in [0.29, 0.717) is 6.04 Å². The number of likely N-dealkylation sites (tertiary alicyclic amines) is 1. The van der Waals surface area contributed by atoms with Gasteiger partial charge in [-0.1, -0.05) is 54.9 Å². The average molecular weight is 374 g/mol. The van der Waals surface area contributed by atoms with Crippen molar-refractivity contribution in [3.63, 3.8) is 0 Å². The quantitative estimate of drug-likeness (QED) is 0.778. The van der Waals surface area contributed by atoms with Crippen LogP contribution in [0.4, 0.5) is 0 Å². The first kappa shape index (κ1) is 19.6. The van der Waals surface area contributed by atoms with Crippen LogP contribution in [0.2, 0.25) is 0 Å². The van der Waals surface area contributed by atoms with E-state index < -0.39 is 0 Å². The molecule has 1 amide bonds. The third kappa shape index (κ3) is 6.59. The Morgan fingerprint density at radius 2 is 1.76 bits per heavy atom. The van der Waals surface area contributed by atoms with Gasteiger partial charge in [-0.15, -0.1) is 0 Å². The Balaban J connectivity index is 0.000000316. The highest BCUT2D eigenvalue weighted by Crippen LogP contribution is 2.18. The molecule has 1 fully saturated rings. The maximum absolute atomic E-state index is 12.3. The van der Waals surface area contributed by atoms with E-state index in [-0.39, 0.29) is 5.91 Å². The third-order valence-corrected chi connectivity index (χ3v) is 4.88. The molecule has 25 heavy (non-hydrogen) atoms. The molecule has 0 aliphatic carbocycles. The number of benzene rings is 2. The van der Waals surface area contributed by atoms with Crippen LogP contribution in [0.25, 0.3) is 0 Å². The number of nitrogens with zero attached hydrogens (tertiary/aromatic N) is 1. The van der Waals surface area contributed by atoms with Gasteiger partial charge in [-0.05, 0) is 48.0 Å². The Bertz CT molecular complexity index is 623. The molecule has 3 rings (SSSR count). The predicted molar refractivity (Wildman–Crippen MR) is 108 cm³/mol. The van der Waals surface area contributed by atoms with Crippen molar-refractivity contribution in [2.45, 2.75) is 17.4 Å². The molecule has 0 radical (unpaired) electrons. The lowest BCUT2D eigenvalue weighted by Crippen LogP contribution is -2.32. The number of hydrogen-bond acceptors (Lipinski definition) is 5. The van der Waals surface area contributed by atoms with Crippen molar-refractivity contribution in [2.75, 3.05) is 13.1 Å². The van der Waals surface area contributed by atoms with E-state index in [1.807, 2.05) is 65.6 Å². The van der Waals surface area contributed by atoms with Gasteiger partial charge in [-0.2, -0.15) is 0 Å². The highest BCUT2D eigenvalue weighted by molar-refractivity contribution is 8.00. The molecule has 4 nitrogen and oxygen atoms in total. The molecule has 132 valence electrons. The second-order valence-electron chi connectivity index (χ2n) is 5.44. The van der Waals surface area contributed by atoms with E-state index in [9.17, 15) is 4.79 Å². The molecule has 0 spiro atoms. The normalized spacial score (nSPS) is 16.0. The van der Waals surface area contributed by atoms with Crippen molar-refractivity contribution in [3.8, 4) is 0 Å². The van der Waals surface area contributed by atoms with E-state index in [0.717, 1.165) is 30.0 Å². The minimum Gasteiger partial charge on any atom is -0.337 e. The van der Waals surface area contributed by atoms with Crippen molar-refractivity contribution in [1.82, 2.24) is 9.62 Å². The second-order valence-corrected chi connectivity index (χ2v) is 6.95. The molecule has 0 saturated carbocycles. The van der Waals surface area contributed by atoms with Gasteiger partial charge in [0.15, 0.2) is 0 Å². The number of rotatable bonds is 5. The fourth-order valence-corrected chi connectivity index (χ4v) is 3.20. The highest BCUT2D eigenvalue weighted by Gasteiger charge is 2.26. The summed E-state index contributed by atoms with van der Waals surface area (Å²) in [6, 6.07) is 19.7. The number of nitrogens with one attached hydrogen (secondary N) is 1. The summed E-state index contributed by atoms with van der Waals surface area (Å²) in [5, 5.41) is 7.22. The number of carbonyl (C=O) groups excluding carboxylic acids is 1. The number of carbonyl (C=O) groups is 1. The first-order valence-electron chi connectivity index (χ1n) is 8.02. The predicted octanol–water partition coefficient (Wildman–Crippen LogP) is 3.93. The Labute approximate surface area is 158 Å². The van der Waals surface area contributed by atoms with Gasteiger partial charge in [0.25, 0.3) is 5.91 Å². The standard InChI is InChI=1S/C13H17N3OS2.C6H6/c1-2-18-15-11-7-8-16(9-11)13(17)10-3-5-12(19-14)6-4-10;1-2-4-6-5-3-1/h2-6,11,15H,1,7-9,14H2;1-6H. The van der Waals surface area contributed by atoms with Crippen LogP contribution in [-0.4, -0.2) is 29.9 Å². The molecule has 0 aromatic heterocycles. The van der Waals surface area contributed by atoms with Gasteiger partial charge in [0.2, 0.25) is 0 Å². The van der Waals surface area contributed by atoms with E-state index in [1.165, 1.54) is 23.9 Å². The average Bonchev–Trinajstić information content (AvgIpc) is 3.16. The molecule has 1 heterocycles. The van der Waals surface area contributed by atoms with Crippen LogP contribution in [0, 0.1) is 0 Å². The number of amides is 1.